The van der Waals surface area contributed by atoms with E-state index in [2.05, 4.69) is 0 Å². The van der Waals surface area contributed by atoms with Crippen LogP contribution < -0.4 is 0 Å². The van der Waals surface area contributed by atoms with Crippen molar-refractivity contribution in [3.05, 3.63) is 29.8 Å². The summed E-state index contributed by atoms with van der Waals surface area (Å²) < 4.78 is 0. The monoisotopic (exact) mass is 224 g/mol. The lowest BCUT2D eigenvalue weighted by Crippen LogP contribution is -2.26. The van der Waals surface area contributed by atoms with E-state index in [1.54, 1.807) is 26.0 Å². The second kappa shape index (κ2) is 4.99. The number of phenolic OH excluding ortho intramolecular Hbond substituents is 1. The summed E-state index contributed by atoms with van der Waals surface area (Å²) in [6.07, 6.45) is -1.11. The first kappa shape index (κ1) is 12.5. The molecule has 0 spiro atoms. The molecule has 2 atom stereocenters. The van der Waals surface area contributed by atoms with E-state index in [4.69, 9.17) is 5.11 Å². The maximum absolute atomic E-state index is 11.0. The van der Waals surface area contributed by atoms with Gasteiger partial charge in [-0.2, -0.15) is 0 Å². The van der Waals surface area contributed by atoms with Crippen molar-refractivity contribution in [2.75, 3.05) is 0 Å². The van der Waals surface area contributed by atoms with Crippen LogP contribution in [0.4, 0.5) is 0 Å². The highest BCUT2D eigenvalue weighted by Gasteiger charge is 2.30. The third kappa shape index (κ3) is 2.73. The summed E-state index contributed by atoms with van der Waals surface area (Å²) in [4.78, 5) is 11.0. The quantitative estimate of drug-likeness (QED) is 0.728. The van der Waals surface area contributed by atoms with Crippen LogP contribution in [-0.4, -0.2) is 21.3 Å². The highest BCUT2D eigenvalue weighted by Crippen LogP contribution is 2.29. The Balaban J connectivity index is 2.99. The summed E-state index contributed by atoms with van der Waals surface area (Å²) in [5, 5.41) is 28.2. The van der Waals surface area contributed by atoms with Crippen molar-refractivity contribution in [2.24, 2.45) is 11.8 Å². The SMILES string of the molecule is CC(C)C(C(=O)O)C(O)c1cccc(O)c1. The molecule has 1 aromatic rings. The van der Waals surface area contributed by atoms with Crippen LogP contribution in [0.25, 0.3) is 0 Å². The molecule has 0 aliphatic heterocycles. The Morgan fingerprint density at radius 1 is 1.31 bits per heavy atom. The maximum atomic E-state index is 11.0. The van der Waals surface area contributed by atoms with Crippen LogP contribution in [0.5, 0.6) is 5.75 Å². The topological polar surface area (TPSA) is 77.8 Å². The van der Waals surface area contributed by atoms with E-state index in [1.165, 1.54) is 12.1 Å². The molecule has 4 heteroatoms. The standard InChI is InChI=1S/C12H16O4/c1-7(2)10(12(15)16)11(14)8-4-3-5-9(13)6-8/h3-7,10-11,13-14H,1-2H3,(H,15,16). The summed E-state index contributed by atoms with van der Waals surface area (Å²) in [6.45, 7) is 3.48. The molecule has 0 saturated carbocycles. The molecule has 4 nitrogen and oxygen atoms in total. The van der Waals surface area contributed by atoms with Gasteiger partial charge in [0.15, 0.2) is 0 Å². The Kier molecular flexibility index (Phi) is 3.90. The number of benzene rings is 1. The van der Waals surface area contributed by atoms with Gasteiger partial charge in [0.1, 0.15) is 5.75 Å². The summed E-state index contributed by atoms with van der Waals surface area (Å²) in [7, 11) is 0. The number of hydrogen-bond donors (Lipinski definition) is 3. The number of aromatic hydroxyl groups is 1. The number of aliphatic carboxylic acids is 1. The number of aliphatic hydroxyl groups excluding tert-OH is 1. The highest BCUT2D eigenvalue weighted by atomic mass is 16.4. The van der Waals surface area contributed by atoms with E-state index in [0.29, 0.717) is 5.56 Å². The van der Waals surface area contributed by atoms with Crippen LogP contribution in [0.15, 0.2) is 24.3 Å². The Morgan fingerprint density at radius 3 is 2.38 bits per heavy atom. The van der Waals surface area contributed by atoms with Gasteiger partial charge in [0, 0.05) is 0 Å². The first-order valence-electron chi connectivity index (χ1n) is 5.13. The van der Waals surface area contributed by atoms with Gasteiger partial charge in [-0.25, -0.2) is 0 Å². The minimum absolute atomic E-state index is 0.0180. The maximum Gasteiger partial charge on any atom is 0.309 e. The number of hydrogen-bond acceptors (Lipinski definition) is 3. The number of rotatable bonds is 4. The van der Waals surface area contributed by atoms with Gasteiger partial charge in [-0.1, -0.05) is 26.0 Å². The molecule has 0 fully saturated rings. The van der Waals surface area contributed by atoms with Crippen LogP contribution in [0, 0.1) is 11.8 Å². The van der Waals surface area contributed by atoms with Gasteiger partial charge >= 0.3 is 5.97 Å². The van der Waals surface area contributed by atoms with Crippen molar-refractivity contribution in [2.45, 2.75) is 20.0 Å². The normalized spacial score (nSPS) is 14.8. The van der Waals surface area contributed by atoms with Crippen LogP contribution in [-0.2, 0) is 4.79 Å². The Hall–Kier alpha value is -1.55. The molecule has 0 heterocycles. The molecule has 1 rings (SSSR count). The molecule has 88 valence electrons. The minimum Gasteiger partial charge on any atom is -0.508 e. The van der Waals surface area contributed by atoms with E-state index in [0.717, 1.165) is 0 Å². The summed E-state index contributed by atoms with van der Waals surface area (Å²) in [6, 6.07) is 6.03. The summed E-state index contributed by atoms with van der Waals surface area (Å²) in [5.41, 5.74) is 0.418. The van der Waals surface area contributed by atoms with Crippen molar-refractivity contribution in [3.63, 3.8) is 0 Å². The van der Waals surface area contributed by atoms with Crippen molar-refractivity contribution in [1.82, 2.24) is 0 Å². The fraction of sp³-hybridized carbons (Fsp3) is 0.417. The molecule has 0 aliphatic carbocycles. The molecule has 2 unspecified atom stereocenters. The third-order valence-corrected chi connectivity index (χ3v) is 2.56. The smallest absolute Gasteiger partial charge is 0.309 e. The van der Waals surface area contributed by atoms with Gasteiger partial charge in [0.25, 0.3) is 0 Å². The molecular formula is C12H16O4. The molecule has 1 aromatic carbocycles. The van der Waals surface area contributed by atoms with Crippen molar-refractivity contribution < 1.29 is 20.1 Å². The Morgan fingerprint density at radius 2 is 1.94 bits per heavy atom. The van der Waals surface area contributed by atoms with Gasteiger partial charge in [-0.3, -0.25) is 4.79 Å². The van der Waals surface area contributed by atoms with Crippen LogP contribution in [0.1, 0.15) is 25.5 Å². The number of carboxylic acid groups (broad SMARTS) is 1. The van der Waals surface area contributed by atoms with Gasteiger partial charge < -0.3 is 15.3 Å². The van der Waals surface area contributed by atoms with Crippen LogP contribution in [0.2, 0.25) is 0 Å². The number of aliphatic hydroxyl groups is 1. The van der Waals surface area contributed by atoms with Gasteiger partial charge in [0.2, 0.25) is 0 Å². The first-order chi connectivity index (χ1) is 7.43. The van der Waals surface area contributed by atoms with Gasteiger partial charge in [-0.05, 0) is 23.6 Å². The van der Waals surface area contributed by atoms with Crippen molar-refractivity contribution >= 4 is 5.97 Å². The van der Waals surface area contributed by atoms with Crippen LogP contribution in [0.3, 0.4) is 0 Å². The zero-order valence-electron chi connectivity index (χ0n) is 9.29. The van der Waals surface area contributed by atoms with Gasteiger partial charge in [-0.15, -0.1) is 0 Å². The molecule has 0 bridgehead atoms. The number of phenols is 1. The molecule has 0 aromatic heterocycles. The second-order valence-electron chi connectivity index (χ2n) is 4.15. The Labute approximate surface area is 94.2 Å². The molecule has 16 heavy (non-hydrogen) atoms. The summed E-state index contributed by atoms with van der Waals surface area (Å²) in [5.74, 6) is -2.08. The van der Waals surface area contributed by atoms with Crippen molar-refractivity contribution in [1.29, 1.82) is 0 Å². The van der Waals surface area contributed by atoms with Crippen molar-refractivity contribution in [3.8, 4) is 5.75 Å². The zero-order valence-corrected chi connectivity index (χ0v) is 9.29. The highest BCUT2D eigenvalue weighted by molar-refractivity contribution is 5.71. The first-order valence-corrected chi connectivity index (χ1v) is 5.13. The predicted molar refractivity (Wildman–Crippen MR) is 59.0 cm³/mol. The largest absolute Gasteiger partial charge is 0.508 e. The fourth-order valence-corrected chi connectivity index (χ4v) is 1.70. The molecule has 0 saturated heterocycles. The lowest BCUT2D eigenvalue weighted by Gasteiger charge is -2.22. The van der Waals surface area contributed by atoms with E-state index < -0.39 is 18.0 Å². The second-order valence-corrected chi connectivity index (χ2v) is 4.15. The van der Waals surface area contributed by atoms with Crippen LogP contribution >= 0.6 is 0 Å². The predicted octanol–water partition coefficient (Wildman–Crippen LogP) is 1.78. The zero-order chi connectivity index (χ0) is 12.3. The lowest BCUT2D eigenvalue weighted by atomic mass is 9.86. The molecule has 3 N–H and O–H groups in total. The van der Waals surface area contributed by atoms with E-state index in [9.17, 15) is 15.0 Å². The molecule has 0 aliphatic rings. The lowest BCUT2D eigenvalue weighted by molar-refractivity contribution is -0.148. The van der Waals surface area contributed by atoms with Gasteiger partial charge in [0.05, 0.1) is 12.0 Å². The average molecular weight is 224 g/mol. The molecule has 0 radical (unpaired) electrons. The molecular weight excluding hydrogens is 208 g/mol. The third-order valence-electron chi connectivity index (χ3n) is 2.56. The van der Waals surface area contributed by atoms with E-state index in [1.807, 2.05) is 0 Å². The van der Waals surface area contributed by atoms with E-state index in [-0.39, 0.29) is 11.7 Å². The average Bonchev–Trinajstić information content (AvgIpc) is 2.16. The summed E-state index contributed by atoms with van der Waals surface area (Å²) >= 11 is 0. The molecule has 0 amide bonds. The Bertz CT molecular complexity index is 373. The fourth-order valence-electron chi connectivity index (χ4n) is 1.70. The number of carbonyl (C=O) groups is 1. The minimum atomic E-state index is -1.11. The van der Waals surface area contributed by atoms with E-state index >= 15 is 0 Å². The number of carboxylic acids is 1.